The Labute approximate surface area is 217 Å². The van der Waals surface area contributed by atoms with Gasteiger partial charge in [-0.25, -0.2) is 14.2 Å². The number of primary amides is 1. The summed E-state index contributed by atoms with van der Waals surface area (Å²) in [7, 11) is -0.885. The van der Waals surface area contributed by atoms with Crippen molar-refractivity contribution < 1.29 is 31.0 Å². The normalized spacial score (nSPS) is 15.7. The number of halogens is 4. The number of fused-ring (bicyclic) bond motifs is 1. The highest BCUT2D eigenvalue weighted by Crippen LogP contribution is 2.39. The molecule has 1 aliphatic rings. The minimum Gasteiger partial charge on any atom is -0.423 e. The van der Waals surface area contributed by atoms with Crippen LogP contribution >= 0.6 is 0 Å². The summed E-state index contributed by atoms with van der Waals surface area (Å²) in [6.07, 6.45) is -1.65. The van der Waals surface area contributed by atoms with Crippen LogP contribution in [0.2, 0.25) is 0 Å². The van der Waals surface area contributed by atoms with Crippen molar-refractivity contribution in [3.05, 3.63) is 65.5 Å². The number of alkyl halides is 3. The van der Waals surface area contributed by atoms with Gasteiger partial charge in [-0.15, -0.1) is 0 Å². The van der Waals surface area contributed by atoms with Gasteiger partial charge in [0.2, 0.25) is 5.88 Å². The van der Waals surface area contributed by atoms with Crippen LogP contribution in [-0.4, -0.2) is 35.1 Å². The van der Waals surface area contributed by atoms with Crippen LogP contribution in [0.5, 0.6) is 0 Å². The van der Waals surface area contributed by atoms with Gasteiger partial charge >= 0.3 is 12.2 Å². The smallest absolute Gasteiger partial charge is 0.416 e. The number of benzene rings is 2. The van der Waals surface area contributed by atoms with E-state index in [9.17, 15) is 26.6 Å². The number of hydrogen-bond acceptors (Lipinski definition) is 7. The molecule has 14 heteroatoms. The lowest BCUT2D eigenvalue weighted by molar-refractivity contribution is -0.137. The average Bonchev–Trinajstić information content (AvgIpc) is 3.27. The number of aliphatic imine (C=N–C) groups is 1. The van der Waals surface area contributed by atoms with Crippen LogP contribution in [0.1, 0.15) is 23.7 Å². The van der Waals surface area contributed by atoms with Crippen molar-refractivity contribution in [3.63, 3.8) is 0 Å². The van der Waals surface area contributed by atoms with E-state index in [1.807, 2.05) is 0 Å². The van der Waals surface area contributed by atoms with Gasteiger partial charge in [0.05, 0.1) is 22.5 Å². The Morgan fingerprint density at radius 3 is 2.55 bits per heavy atom. The number of nitrogens with two attached hydrogens (primary N) is 2. The van der Waals surface area contributed by atoms with Crippen molar-refractivity contribution in [2.24, 2.45) is 16.5 Å². The fourth-order valence-corrected chi connectivity index (χ4v) is 4.42. The van der Waals surface area contributed by atoms with Gasteiger partial charge in [0.25, 0.3) is 0 Å². The number of anilines is 4. The van der Waals surface area contributed by atoms with Crippen molar-refractivity contribution in [1.29, 1.82) is 0 Å². The molecular weight excluding hydrogens is 528 g/mol. The fourth-order valence-electron chi connectivity index (χ4n) is 3.87. The van der Waals surface area contributed by atoms with Crippen LogP contribution in [0.4, 0.5) is 51.2 Å². The monoisotopic (exact) mass is 552 g/mol. The van der Waals surface area contributed by atoms with Crippen LogP contribution in [0.15, 0.2) is 57.9 Å². The number of carbonyl (C=O) groups is 1. The highest BCUT2D eigenvalue weighted by molar-refractivity contribution is 7.84. The molecule has 2 atom stereocenters. The quantitative estimate of drug-likeness (QED) is 0.267. The Hall–Kier alpha value is -3.91. The molecule has 0 radical (unpaired) electrons. The molecule has 202 valence electrons. The number of rotatable bonds is 8. The predicted octanol–water partition coefficient (Wildman–Crippen LogP) is 4.97. The maximum Gasteiger partial charge on any atom is 0.416 e. The Kier molecular flexibility index (Phi) is 7.73. The largest absolute Gasteiger partial charge is 0.423 e. The Morgan fingerprint density at radius 1 is 1.21 bits per heavy atom. The zero-order valence-corrected chi connectivity index (χ0v) is 20.9. The average molecular weight is 553 g/mol. The number of furan rings is 1. The molecule has 2 aromatic carbocycles. The molecule has 2 amide bonds. The minimum atomic E-state index is -4.74. The van der Waals surface area contributed by atoms with Crippen molar-refractivity contribution in [1.82, 2.24) is 0 Å². The van der Waals surface area contributed by atoms with Crippen LogP contribution < -0.4 is 26.6 Å². The number of hydrogen-bond donors (Lipinski definition) is 3. The third-order valence-electron chi connectivity index (χ3n) is 5.71. The second-order valence-electron chi connectivity index (χ2n) is 8.38. The number of nitrogens with zero attached hydrogens (tertiary/aromatic N) is 3. The standard InChI is InChI=1S/C24H24F4N6O3S/c1-38(36)10-2-9-31-20-12-17-21(29)33(13-32-22(17)37-20)15-4-6-16(7-5-15)34(23(30)35)19-11-14(24(26,27)28)3-8-18(19)25/h3-8,11-13,21,31H,2,9-10,29H2,1H3,(H2,30,35). The third-order valence-corrected chi connectivity index (χ3v) is 6.57. The van der Waals surface area contributed by atoms with Crippen LogP contribution in [0, 0.1) is 5.82 Å². The third kappa shape index (κ3) is 5.81. The van der Waals surface area contributed by atoms with E-state index in [-0.39, 0.29) is 5.69 Å². The summed E-state index contributed by atoms with van der Waals surface area (Å²) >= 11 is 0. The van der Waals surface area contributed by atoms with Gasteiger partial charge in [0.15, 0.2) is 5.88 Å². The summed E-state index contributed by atoms with van der Waals surface area (Å²) in [5.74, 6) is 0.294. The molecule has 0 fully saturated rings. The van der Waals surface area contributed by atoms with Crippen molar-refractivity contribution >= 4 is 52.0 Å². The maximum atomic E-state index is 14.5. The van der Waals surface area contributed by atoms with Crippen molar-refractivity contribution in [3.8, 4) is 0 Å². The number of amides is 2. The first kappa shape index (κ1) is 27.1. The summed E-state index contributed by atoms with van der Waals surface area (Å²) in [6, 6.07) is 8.15. The first-order valence-electron chi connectivity index (χ1n) is 11.3. The summed E-state index contributed by atoms with van der Waals surface area (Å²) in [4.78, 5) is 18.7. The molecule has 5 N–H and O–H groups in total. The van der Waals surface area contributed by atoms with Gasteiger partial charge in [-0.3, -0.25) is 9.11 Å². The molecule has 2 heterocycles. The molecule has 0 saturated heterocycles. The highest BCUT2D eigenvalue weighted by atomic mass is 32.2. The van der Waals surface area contributed by atoms with E-state index in [4.69, 9.17) is 15.9 Å². The topological polar surface area (TPSA) is 130 Å². The summed E-state index contributed by atoms with van der Waals surface area (Å²) in [6.45, 7) is 0.555. The highest BCUT2D eigenvalue weighted by Gasteiger charge is 2.33. The summed E-state index contributed by atoms with van der Waals surface area (Å²) < 4.78 is 70.8. The van der Waals surface area contributed by atoms with Gasteiger partial charge in [0, 0.05) is 41.1 Å². The Balaban J connectivity index is 1.54. The van der Waals surface area contributed by atoms with Gasteiger partial charge in [-0.1, -0.05) is 0 Å². The lowest BCUT2D eigenvalue weighted by Crippen LogP contribution is -2.35. The molecule has 0 saturated carbocycles. The van der Waals surface area contributed by atoms with Gasteiger partial charge in [0.1, 0.15) is 18.3 Å². The summed E-state index contributed by atoms with van der Waals surface area (Å²) in [5, 5.41) is 3.10. The Morgan fingerprint density at radius 2 is 1.92 bits per heavy atom. The fraction of sp³-hybridized carbons (Fsp3) is 0.250. The van der Waals surface area contributed by atoms with E-state index in [0.29, 0.717) is 64.8 Å². The van der Waals surface area contributed by atoms with E-state index in [1.54, 1.807) is 17.2 Å². The molecule has 9 nitrogen and oxygen atoms in total. The lowest BCUT2D eigenvalue weighted by Gasteiger charge is -2.29. The van der Waals surface area contributed by atoms with Crippen LogP contribution in [0.25, 0.3) is 0 Å². The van der Waals surface area contributed by atoms with Crippen molar-refractivity contribution in [2.45, 2.75) is 18.8 Å². The maximum absolute atomic E-state index is 14.5. The molecule has 0 aliphatic carbocycles. The molecule has 0 spiro atoms. The SMILES string of the molecule is CS(=O)CCCNc1cc2c(o1)N=CN(c1ccc(N(C(N)=O)c3cc(C(F)(F)F)ccc3F)cc1)C2N. The van der Waals surface area contributed by atoms with E-state index in [1.165, 1.54) is 30.6 Å². The molecular formula is C24H24F4N6O3S. The molecule has 1 aliphatic heterocycles. The molecule has 3 aromatic rings. The second-order valence-corrected chi connectivity index (χ2v) is 9.93. The van der Waals surface area contributed by atoms with Gasteiger partial charge < -0.3 is 26.1 Å². The predicted molar refractivity (Wildman–Crippen MR) is 138 cm³/mol. The zero-order valence-electron chi connectivity index (χ0n) is 20.0. The van der Waals surface area contributed by atoms with E-state index in [2.05, 4.69) is 10.3 Å². The number of carbonyl (C=O) groups excluding carboxylic acids is 1. The minimum absolute atomic E-state index is 0.0468. The van der Waals surface area contributed by atoms with Crippen molar-refractivity contribution in [2.75, 3.05) is 33.7 Å². The molecule has 38 heavy (non-hydrogen) atoms. The van der Waals surface area contributed by atoms with E-state index >= 15 is 0 Å². The van der Waals surface area contributed by atoms with E-state index in [0.717, 1.165) is 0 Å². The zero-order chi connectivity index (χ0) is 27.6. The van der Waals surface area contributed by atoms with Crippen LogP contribution in [-0.2, 0) is 17.0 Å². The number of nitrogens with one attached hydrogen (secondary N) is 1. The summed E-state index contributed by atoms with van der Waals surface area (Å²) in [5.41, 5.74) is 11.2. The number of urea groups is 1. The first-order chi connectivity index (χ1) is 18.0. The molecule has 2 unspecified atom stereocenters. The molecule has 1 aromatic heterocycles. The van der Waals surface area contributed by atoms with Crippen LogP contribution in [0.3, 0.4) is 0 Å². The lowest BCUT2D eigenvalue weighted by atomic mass is 10.1. The molecule has 0 bridgehead atoms. The Bertz CT molecular complexity index is 1380. The van der Waals surface area contributed by atoms with E-state index < -0.39 is 46.2 Å². The molecule has 4 rings (SSSR count). The van der Waals surface area contributed by atoms with Gasteiger partial charge in [-0.05, 0) is 48.9 Å². The second kappa shape index (κ2) is 10.8. The van der Waals surface area contributed by atoms with Gasteiger partial charge in [-0.2, -0.15) is 13.2 Å². The first-order valence-corrected chi connectivity index (χ1v) is 13.0.